The summed E-state index contributed by atoms with van der Waals surface area (Å²) in [6.07, 6.45) is 15.4. The van der Waals surface area contributed by atoms with Crippen LogP contribution in [0, 0.1) is 11.8 Å². The molecule has 2 aliphatic carbocycles. The molecule has 0 nitrogen and oxygen atoms in total. The van der Waals surface area contributed by atoms with Gasteiger partial charge in [-0.3, -0.25) is 0 Å². The molecular formula is C16H31SiSn+3. The van der Waals surface area contributed by atoms with Crippen molar-refractivity contribution in [3.05, 3.63) is 0 Å². The van der Waals surface area contributed by atoms with E-state index in [0.717, 1.165) is 14.9 Å². The van der Waals surface area contributed by atoms with Gasteiger partial charge in [0.15, 0.2) is 0 Å². The maximum atomic E-state index is 2.67. The first-order valence-corrected chi connectivity index (χ1v) is 13.1. The van der Waals surface area contributed by atoms with Gasteiger partial charge >= 0.3 is 129 Å². The molecule has 0 aromatic carbocycles. The van der Waals surface area contributed by atoms with E-state index in [9.17, 15) is 0 Å². The van der Waals surface area contributed by atoms with E-state index in [1.54, 1.807) is 25.7 Å². The van der Waals surface area contributed by atoms with Crippen molar-refractivity contribution < 1.29 is 0 Å². The molecule has 2 rings (SSSR count). The molecule has 0 heterocycles. The van der Waals surface area contributed by atoms with Gasteiger partial charge < -0.3 is 0 Å². The van der Waals surface area contributed by atoms with Crippen LogP contribution in [0.1, 0.15) is 64.2 Å². The van der Waals surface area contributed by atoms with Gasteiger partial charge in [0.2, 0.25) is 0 Å². The Morgan fingerprint density at radius 1 is 0.722 bits per heavy atom. The Bertz CT molecular complexity index is 239. The van der Waals surface area contributed by atoms with Gasteiger partial charge in [0.25, 0.3) is 0 Å². The Morgan fingerprint density at radius 3 is 1.33 bits per heavy atom. The molecule has 2 fully saturated rings. The third-order valence-electron chi connectivity index (χ3n) is 5.74. The zero-order chi connectivity index (χ0) is 13.2. The van der Waals surface area contributed by atoms with Crippen LogP contribution in [0.4, 0.5) is 0 Å². The topological polar surface area (TPSA) is 0 Å². The van der Waals surface area contributed by atoms with E-state index in [2.05, 4.69) is 19.6 Å². The molecule has 0 amide bonds. The second kappa shape index (κ2) is 6.20. The summed E-state index contributed by atoms with van der Waals surface area (Å²) in [6.45, 7) is 8.01. The van der Waals surface area contributed by atoms with Crippen molar-refractivity contribution in [1.29, 1.82) is 0 Å². The van der Waals surface area contributed by atoms with Crippen LogP contribution in [0.2, 0.25) is 22.7 Å². The number of hydrogen-bond acceptors (Lipinski definition) is 0. The summed E-state index contributed by atoms with van der Waals surface area (Å²) in [5, 5.41) is 0. The van der Waals surface area contributed by atoms with Gasteiger partial charge in [-0.2, -0.15) is 0 Å². The summed E-state index contributed by atoms with van der Waals surface area (Å²) in [5.74, 6) is 2.19. The fourth-order valence-corrected chi connectivity index (χ4v) is 9.35. The van der Waals surface area contributed by atoms with Crippen molar-refractivity contribution in [3.63, 3.8) is 0 Å². The molecular weight excluding hydrogens is 339 g/mol. The summed E-state index contributed by atoms with van der Waals surface area (Å²) in [5.41, 5.74) is 0. The van der Waals surface area contributed by atoms with Crippen molar-refractivity contribution >= 4 is 30.6 Å². The molecule has 18 heavy (non-hydrogen) atoms. The molecule has 0 N–H and O–H groups in total. The minimum atomic E-state index is -1.05. The summed E-state index contributed by atoms with van der Waals surface area (Å²) in [7, 11) is -1.05. The van der Waals surface area contributed by atoms with Crippen molar-refractivity contribution in [2.75, 3.05) is 0 Å². The quantitative estimate of drug-likeness (QED) is 0.588. The third kappa shape index (κ3) is 3.02. The van der Waals surface area contributed by atoms with Gasteiger partial charge in [-0.1, -0.05) is 0 Å². The van der Waals surface area contributed by atoms with E-state index in [1.165, 1.54) is 38.5 Å². The fraction of sp³-hybridized carbons (Fsp3) is 1.00. The third-order valence-corrected chi connectivity index (χ3v) is 17.8. The second-order valence-corrected chi connectivity index (χ2v) is 16.9. The first kappa shape index (κ1) is 15.4. The number of hydrogen-bond donors (Lipinski definition) is 0. The van der Waals surface area contributed by atoms with Gasteiger partial charge in [-0.05, 0) is 0 Å². The predicted molar refractivity (Wildman–Crippen MR) is 84.9 cm³/mol. The molecule has 0 aromatic rings. The summed E-state index contributed by atoms with van der Waals surface area (Å²) >= 11 is 1.91. The molecule has 0 spiro atoms. The maximum absolute atomic E-state index is 2.67. The van der Waals surface area contributed by atoms with Crippen LogP contribution in [-0.4, -0.2) is 30.6 Å². The van der Waals surface area contributed by atoms with Crippen LogP contribution in [-0.2, 0) is 0 Å². The van der Waals surface area contributed by atoms with E-state index in [4.69, 9.17) is 0 Å². The average Bonchev–Trinajstić information content (AvgIpc) is 2.38. The molecule has 0 aromatic heterocycles. The van der Waals surface area contributed by atoms with E-state index in [-0.39, 0.29) is 0 Å². The monoisotopic (exact) mass is 371 g/mol. The second-order valence-electron chi connectivity index (χ2n) is 7.79. The van der Waals surface area contributed by atoms with Gasteiger partial charge in [0.05, 0.1) is 0 Å². The Hall–Kier alpha value is 1.02. The van der Waals surface area contributed by atoms with Crippen LogP contribution in [0.15, 0.2) is 0 Å². The van der Waals surface area contributed by atoms with Gasteiger partial charge in [-0.25, -0.2) is 0 Å². The normalized spacial score (nSPS) is 25.4. The Balaban J connectivity index is 2.21. The predicted octanol–water partition coefficient (Wildman–Crippen LogP) is 5.35. The molecule has 100 valence electrons. The van der Waals surface area contributed by atoms with Crippen molar-refractivity contribution in [3.8, 4) is 0 Å². The van der Waals surface area contributed by atoms with Gasteiger partial charge in [0.1, 0.15) is 0 Å². The van der Waals surface area contributed by atoms with E-state index in [1.807, 2.05) is 22.5 Å². The summed E-state index contributed by atoms with van der Waals surface area (Å²) < 4.78 is 0.806. The Morgan fingerprint density at radius 2 is 1.06 bits per heavy atom. The molecule has 0 unspecified atom stereocenters. The van der Waals surface area contributed by atoms with Crippen LogP contribution in [0.25, 0.3) is 0 Å². The molecule has 0 bridgehead atoms. The summed E-state index contributed by atoms with van der Waals surface area (Å²) in [6, 6.07) is 0. The zero-order valence-electron chi connectivity index (χ0n) is 12.7. The Kier molecular flexibility index (Phi) is 5.30. The number of rotatable bonds is 3. The standard InChI is InChI=1S/C16H31Si.Sn/c1-17(2,3)16(14-10-6-4-7-11-14)15-12-8-5-9-13-15;/h14-15H,4-13H2,1-3H3;/q;+3. The zero-order valence-corrected chi connectivity index (χ0v) is 16.6. The summed E-state index contributed by atoms with van der Waals surface area (Å²) in [4.78, 5) is 0. The van der Waals surface area contributed by atoms with E-state index >= 15 is 0 Å². The van der Waals surface area contributed by atoms with Gasteiger partial charge in [-0.15, -0.1) is 0 Å². The molecule has 0 atom stereocenters. The first-order chi connectivity index (χ1) is 8.46. The average molecular weight is 370 g/mol. The molecule has 2 heteroatoms. The van der Waals surface area contributed by atoms with Crippen molar-refractivity contribution in [2.45, 2.75) is 86.9 Å². The van der Waals surface area contributed by atoms with Crippen molar-refractivity contribution in [2.24, 2.45) is 11.8 Å². The molecule has 0 saturated heterocycles. The molecule has 0 aliphatic heterocycles. The van der Waals surface area contributed by atoms with Gasteiger partial charge in [0, 0.05) is 0 Å². The van der Waals surface area contributed by atoms with Crippen LogP contribution in [0.3, 0.4) is 0 Å². The van der Waals surface area contributed by atoms with E-state index in [0.29, 0.717) is 0 Å². The molecule has 2 saturated carbocycles. The van der Waals surface area contributed by atoms with Crippen LogP contribution < -0.4 is 0 Å². The van der Waals surface area contributed by atoms with Crippen LogP contribution >= 0.6 is 0 Å². The van der Waals surface area contributed by atoms with Crippen molar-refractivity contribution in [1.82, 2.24) is 0 Å². The Labute approximate surface area is 129 Å². The van der Waals surface area contributed by atoms with Crippen LogP contribution in [0.5, 0.6) is 0 Å². The minimum absolute atomic E-state index is 0.806. The molecule has 2 aliphatic rings. The SMILES string of the molecule is C[Si](C)(C)[C]([Sn+3])(C1CCCCC1)C1CCCCC1. The fourth-order valence-electron chi connectivity index (χ4n) is 4.67. The first-order valence-electron chi connectivity index (χ1n) is 8.21. The van der Waals surface area contributed by atoms with E-state index < -0.39 is 8.07 Å². The molecule has 0 radical (unpaired) electrons.